The van der Waals surface area contributed by atoms with Crippen molar-refractivity contribution >= 4 is 18.1 Å². The van der Waals surface area contributed by atoms with Crippen molar-refractivity contribution in [2.75, 3.05) is 4.90 Å². The molecular formula is C16H15NO3. The largest absolute Gasteiger partial charge is 0.480 e. The number of para-hydroxylation sites is 1. The lowest BCUT2D eigenvalue weighted by atomic mass is 10.0. The molecule has 0 heterocycles. The normalized spacial score (nSPS) is 11.6. The van der Waals surface area contributed by atoms with Gasteiger partial charge in [-0.25, -0.2) is 4.79 Å². The Labute approximate surface area is 117 Å². The van der Waals surface area contributed by atoms with E-state index < -0.39 is 12.0 Å². The van der Waals surface area contributed by atoms with Gasteiger partial charge in [-0.05, 0) is 17.7 Å². The van der Waals surface area contributed by atoms with Crippen LogP contribution in [-0.4, -0.2) is 23.5 Å². The Morgan fingerprint density at radius 3 is 2.10 bits per heavy atom. The van der Waals surface area contributed by atoms with E-state index in [1.807, 2.05) is 36.4 Å². The first-order chi connectivity index (χ1) is 9.72. The Bertz CT molecular complexity index is 569. The fraction of sp³-hybridized carbons (Fsp3) is 0.125. The minimum atomic E-state index is -1.02. The summed E-state index contributed by atoms with van der Waals surface area (Å²) in [6, 6.07) is 17.1. The summed E-state index contributed by atoms with van der Waals surface area (Å²) < 4.78 is 0. The van der Waals surface area contributed by atoms with E-state index in [-0.39, 0.29) is 6.42 Å². The average Bonchev–Trinajstić information content (AvgIpc) is 2.49. The van der Waals surface area contributed by atoms with E-state index in [2.05, 4.69) is 0 Å². The number of carboxylic acid groups (broad SMARTS) is 1. The zero-order valence-corrected chi connectivity index (χ0v) is 10.8. The molecule has 2 rings (SSSR count). The van der Waals surface area contributed by atoms with Crippen LogP contribution in [-0.2, 0) is 16.0 Å². The maximum atomic E-state index is 11.5. The van der Waals surface area contributed by atoms with E-state index in [1.165, 1.54) is 4.90 Å². The molecule has 0 unspecified atom stereocenters. The third kappa shape index (κ3) is 3.23. The van der Waals surface area contributed by atoms with Gasteiger partial charge in [0, 0.05) is 12.1 Å². The van der Waals surface area contributed by atoms with Crippen LogP contribution in [0, 0.1) is 0 Å². The lowest BCUT2D eigenvalue weighted by Gasteiger charge is -2.25. The van der Waals surface area contributed by atoms with Crippen molar-refractivity contribution in [1.82, 2.24) is 0 Å². The highest BCUT2D eigenvalue weighted by Gasteiger charge is 2.25. The number of benzene rings is 2. The molecule has 1 atom stereocenters. The third-order valence-electron chi connectivity index (χ3n) is 3.06. The van der Waals surface area contributed by atoms with E-state index >= 15 is 0 Å². The van der Waals surface area contributed by atoms with Gasteiger partial charge < -0.3 is 10.0 Å². The van der Waals surface area contributed by atoms with Crippen molar-refractivity contribution in [2.24, 2.45) is 0 Å². The quantitative estimate of drug-likeness (QED) is 0.819. The molecule has 0 aliphatic carbocycles. The molecule has 0 aromatic heterocycles. The Kier molecular flexibility index (Phi) is 4.50. The minimum Gasteiger partial charge on any atom is -0.480 e. The second-order valence-electron chi connectivity index (χ2n) is 4.39. The topological polar surface area (TPSA) is 57.6 Å². The second-order valence-corrected chi connectivity index (χ2v) is 4.39. The summed E-state index contributed by atoms with van der Waals surface area (Å²) in [4.78, 5) is 24.0. The summed E-state index contributed by atoms with van der Waals surface area (Å²) in [5, 5.41) is 9.40. The molecule has 4 nitrogen and oxygen atoms in total. The van der Waals surface area contributed by atoms with Crippen molar-refractivity contribution in [2.45, 2.75) is 12.5 Å². The molecule has 102 valence electrons. The Hall–Kier alpha value is -2.62. The van der Waals surface area contributed by atoms with Crippen LogP contribution in [0.25, 0.3) is 0 Å². The monoisotopic (exact) mass is 269 g/mol. The van der Waals surface area contributed by atoms with Gasteiger partial charge in [-0.1, -0.05) is 48.5 Å². The number of hydrogen-bond donors (Lipinski definition) is 1. The van der Waals surface area contributed by atoms with E-state index in [4.69, 9.17) is 0 Å². The summed E-state index contributed by atoms with van der Waals surface area (Å²) in [6.07, 6.45) is 0.834. The van der Waals surface area contributed by atoms with Gasteiger partial charge in [0.1, 0.15) is 6.04 Å². The van der Waals surface area contributed by atoms with Crippen LogP contribution >= 0.6 is 0 Å². The summed E-state index contributed by atoms with van der Waals surface area (Å²) in [6.45, 7) is 0. The van der Waals surface area contributed by atoms with Crippen molar-refractivity contribution in [3.05, 3.63) is 66.2 Å². The highest BCUT2D eigenvalue weighted by molar-refractivity contribution is 5.88. The highest BCUT2D eigenvalue weighted by Crippen LogP contribution is 2.17. The van der Waals surface area contributed by atoms with Crippen molar-refractivity contribution in [3.63, 3.8) is 0 Å². The predicted molar refractivity (Wildman–Crippen MR) is 76.6 cm³/mol. The maximum Gasteiger partial charge on any atom is 0.327 e. The predicted octanol–water partition coefficient (Wildman–Crippen LogP) is 2.35. The first-order valence-electron chi connectivity index (χ1n) is 6.28. The molecule has 20 heavy (non-hydrogen) atoms. The molecule has 0 fully saturated rings. The van der Waals surface area contributed by atoms with Crippen molar-refractivity contribution < 1.29 is 14.7 Å². The van der Waals surface area contributed by atoms with Crippen LogP contribution in [0.3, 0.4) is 0 Å². The van der Waals surface area contributed by atoms with Crippen molar-refractivity contribution in [3.8, 4) is 0 Å². The van der Waals surface area contributed by atoms with Gasteiger partial charge in [-0.2, -0.15) is 0 Å². The maximum absolute atomic E-state index is 11.5. The van der Waals surface area contributed by atoms with Gasteiger partial charge in [0.25, 0.3) is 0 Å². The Morgan fingerprint density at radius 2 is 1.60 bits per heavy atom. The molecule has 0 saturated carbocycles. The number of anilines is 1. The third-order valence-corrected chi connectivity index (χ3v) is 3.06. The van der Waals surface area contributed by atoms with E-state index in [9.17, 15) is 14.7 Å². The van der Waals surface area contributed by atoms with Gasteiger partial charge in [-0.3, -0.25) is 4.79 Å². The lowest BCUT2D eigenvalue weighted by Crippen LogP contribution is -2.42. The van der Waals surface area contributed by atoms with Crippen LogP contribution < -0.4 is 4.90 Å². The van der Waals surface area contributed by atoms with Gasteiger partial charge in [-0.15, -0.1) is 0 Å². The lowest BCUT2D eigenvalue weighted by molar-refractivity contribution is -0.139. The summed E-state index contributed by atoms with van der Waals surface area (Å²) in [7, 11) is 0. The summed E-state index contributed by atoms with van der Waals surface area (Å²) in [5.41, 5.74) is 1.45. The molecule has 0 bridgehead atoms. The molecule has 0 aliphatic rings. The van der Waals surface area contributed by atoms with Gasteiger partial charge in [0.2, 0.25) is 6.41 Å². The molecule has 1 amide bonds. The van der Waals surface area contributed by atoms with Crippen molar-refractivity contribution in [1.29, 1.82) is 0 Å². The Morgan fingerprint density at radius 1 is 1.05 bits per heavy atom. The summed E-state index contributed by atoms with van der Waals surface area (Å²) >= 11 is 0. The van der Waals surface area contributed by atoms with Crippen LogP contribution in [0.4, 0.5) is 5.69 Å². The molecule has 2 aromatic rings. The zero-order valence-electron chi connectivity index (χ0n) is 10.8. The SMILES string of the molecule is O=CN(c1ccccc1)[C@@H](Cc1ccccc1)C(=O)O. The van der Waals surface area contributed by atoms with Crippen LogP contribution in [0.5, 0.6) is 0 Å². The fourth-order valence-electron chi connectivity index (χ4n) is 2.06. The minimum absolute atomic E-state index is 0.268. The molecule has 0 radical (unpaired) electrons. The molecule has 0 aliphatic heterocycles. The molecule has 1 N–H and O–H groups in total. The van der Waals surface area contributed by atoms with E-state index in [0.29, 0.717) is 12.1 Å². The number of nitrogens with zero attached hydrogens (tertiary/aromatic N) is 1. The number of aliphatic carboxylic acids is 1. The first-order valence-corrected chi connectivity index (χ1v) is 6.28. The zero-order chi connectivity index (χ0) is 14.4. The van der Waals surface area contributed by atoms with Crippen LogP contribution in [0.15, 0.2) is 60.7 Å². The van der Waals surface area contributed by atoms with Gasteiger partial charge >= 0.3 is 5.97 Å². The average molecular weight is 269 g/mol. The van der Waals surface area contributed by atoms with Crippen LogP contribution in [0.1, 0.15) is 5.56 Å². The molecule has 4 heteroatoms. The molecular weight excluding hydrogens is 254 g/mol. The summed E-state index contributed by atoms with van der Waals surface area (Å²) in [5.74, 6) is -1.02. The van der Waals surface area contributed by atoms with Crippen LogP contribution in [0.2, 0.25) is 0 Å². The van der Waals surface area contributed by atoms with Gasteiger partial charge in [0.15, 0.2) is 0 Å². The number of carboxylic acids is 1. The molecule has 2 aromatic carbocycles. The first kappa shape index (κ1) is 13.8. The standard InChI is InChI=1S/C16H15NO3/c18-12-17(14-9-5-2-6-10-14)15(16(19)20)11-13-7-3-1-4-8-13/h1-10,12,15H,11H2,(H,19,20)/t15-/m0/s1. The second kappa shape index (κ2) is 6.52. The molecule has 0 saturated heterocycles. The smallest absolute Gasteiger partial charge is 0.327 e. The fourth-order valence-corrected chi connectivity index (χ4v) is 2.06. The number of hydrogen-bond acceptors (Lipinski definition) is 2. The number of amides is 1. The molecule has 0 spiro atoms. The van der Waals surface area contributed by atoms with Gasteiger partial charge in [0.05, 0.1) is 0 Å². The highest BCUT2D eigenvalue weighted by atomic mass is 16.4. The number of carbonyl (C=O) groups excluding carboxylic acids is 1. The number of rotatable bonds is 6. The Balaban J connectivity index is 2.27. The van der Waals surface area contributed by atoms with E-state index in [1.54, 1.807) is 24.3 Å². The number of carbonyl (C=O) groups is 2. The van der Waals surface area contributed by atoms with E-state index in [0.717, 1.165) is 5.56 Å².